The highest BCUT2D eigenvalue weighted by molar-refractivity contribution is 6.11. The van der Waals surface area contributed by atoms with Gasteiger partial charge in [-0.15, -0.1) is 0 Å². The summed E-state index contributed by atoms with van der Waals surface area (Å²) in [7, 11) is 4.61. The smallest absolute Gasteiger partial charge is 0.203 e. The molecule has 29 heavy (non-hydrogen) atoms. The Balaban J connectivity index is 1.93. The summed E-state index contributed by atoms with van der Waals surface area (Å²) in [5.41, 5.74) is 3.32. The van der Waals surface area contributed by atoms with Gasteiger partial charge in [-0.25, -0.2) is 0 Å². The first-order valence-electron chi connectivity index (χ1n) is 9.64. The van der Waals surface area contributed by atoms with Gasteiger partial charge in [0.2, 0.25) is 5.75 Å². The molecule has 0 unspecified atom stereocenters. The largest absolute Gasteiger partial charge is 0.493 e. The van der Waals surface area contributed by atoms with Crippen LogP contribution in [0.15, 0.2) is 48.2 Å². The third kappa shape index (κ3) is 4.14. The highest BCUT2D eigenvalue weighted by atomic mass is 16.5. The number of Topliss-reactive ketones (excluding diaryl/α,β-unsaturated/α-hetero) is 1. The Morgan fingerprint density at radius 1 is 1.00 bits per heavy atom. The lowest BCUT2D eigenvalue weighted by atomic mass is 10.0. The number of rotatable bonds is 8. The summed E-state index contributed by atoms with van der Waals surface area (Å²) in [4.78, 5) is 13.0. The van der Waals surface area contributed by atoms with Crippen LogP contribution in [0.2, 0.25) is 0 Å². The van der Waals surface area contributed by atoms with Crippen molar-refractivity contribution >= 4 is 22.8 Å². The van der Waals surface area contributed by atoms with E-state index in [9.17, 15) is 4.79 Å². The van der Waals surface area contributed by atoms with E-state index in [1.54, 1.807) is 12.1 Å². The number of ether oxygens (including phenoxy) is 3. The number of aromatic nitrogens is 1. The average Bonchev–Trinajstić information content (AvgIpc) is 3.14. The third-order valence-electron chi connectivity index (χ3n) is 4.93. The van der Waals surface area contributed by atoms with Crippen LogP contribution in [0.25, 0.3) is 17.0 Å². The molecule has 152 valence electrons. The molecule has 0 saturated heterocycles. The van der Waals surface area contributed by atoms with Gasteiger partial charge in [0.15, 0.2) is 17.3 Å². The van der Waals surface area contributed by atoms with Gasteiger partial charge in [-0.3, -0.25) is 4.79 Å². The van der Waals surface area contributed by atoms with Crippen molar-refractivity contribution in [3.8, 4) is 17.2 Å². The Hall–Kier alpha value is -3.21. The van der Waals surface area contributed by atoms with Crippen LogP contribution < -0.4 is 14.2 Å². The molecule has 3 rings (SSSR count). The summed E-state index contributed by atoms with van der Waals surface area (Å²) in [6.45, 7) is 4.98. The van der Waals surface area contributed by atoms with Crippen LogP contribution >= 0.6 is 0 Å². The highest BCUT2D eigenvalue weighted by Crippen LogP contribution is 2.38. The molecule has 2 aromatic carbocycles. The van der Waals surface area contributed by atoms with Crippen LogP contribution in [0.3, 0.4) is 0 Å². The molecule has 5 nitrogen and oxygen atoms in total. The molecule has 0 aliphatic carbocycles. The zero-order valence-corrected chi connectivity index (χ0v) is 17.6. The van der Waals surface area contributed by atoms with Crippen molar-refractivity contribution in [1.29, 1.82) is 0 Å². The molecule has 5 heteroatoms. The van der Waals surface area contributed by atoms with Crippen molar-refractivity contribution in [3.63, 3.8) is 0 Å². The maximum absolute atomic E-state index is 13.0. The summed E-state index contributed by atoms with van der Waals surface area (Å²) in [6.07, 6.45) is 5.10. The molecule has 0 aliphatic rings. The lowest BCUT2D eigenvalue weighted by molar-refractivity contribution is 0.103. The van der Waals surface area contributed by atoms with E-state index in [1.807, 2.05) is 19.1 Å². The molecule has 1 aromatic heterocycles. The molecule has 1 heterocycles. The summed E-state index contributed by atoms with van der Waals surface area (Å²) < 4.78 is 18.3. The Kier molecular flexibility index (Phi) is 6.27. The van der Waals surface area contributed by atoms with E-state index in [4.69, 9.17) is 14.2 Å². The van der Waals surface area contributed by atoms with Crippen molar-refractivity contribution in [2.75, 3.05) is 21.3 Å². The fraction of sp³-hybridized carbons (Fsp3) is 0.292. The number of aryl methyl sites for hydroxylation is 1. The van der Waals surface area contributed by atoms with Gasteiger partial charge in [-0.2, -0.15) is 0 Å². The fourth-order valence-corrected chi connectivity index (χ4v) is 3.50. The average molecular weight is 393 g/mol. The number of carbonyl (C=O) groups excluding carboxylic acids is 1. The van der Waals surface area contributed by atoms with Gasteiger partial charge in [0.05, 0.1) is 21.3 Å². The van der Waals surface area contributed by atoms with E-state index in [1.165, 1.54) is 32.2 Å². The summed E-state index contributed by atoms with van der Waals surface area (Å²) in [6, 6.07) is 11.7. The minimum Gasteiger partial charge on any atom is -0.493 e. The number of benzene rings is 2. The van der Waals surface area contributed by atoms with E-state index in [2.05, 4.69) is 35.9 Å². The number of ketones is 1. The lowest BCUT2D eigenvalue weighted by Crippen LogP contribution is -2.04. The van der Waals surface area contributed by atoms with E-state index in [-0.39, 0.29) is 5.78 Å². The first kappa shape index (κ1) is 20.5. The quantitative estimate of drug-likeness (QED) is 0.382. The second kappa shape index (κ2) is 8.86. The molecule has 0 amide bonds. The summed E-state index contributed by atoms with van der Waals surface area (Å²) >= 11 is 0. The van der Waals surface area contributed by atoms with Gasteiger partial charge in [0, 0.05) is 29.2 Å². The number of nitrogens with zero attached hydrogens (tertiary/aromatic N) is 1. The fourth-order valence-electron chi connectivity index (χ4n) is 3.50. The number of fused-ring (bicyclic) bond motifs is 1. The first-order chi connectivity index (χ1) is 14.0. The first-order valence-corrected chi connectivity index (χ1v) is 9.64. The lowest BCUT2D eigenvalue weighted by Gasteiger charge is -2.13. The zero-order valence-electron chi connectivity index (χ0n) is 17.6. The number of methoxy groups -OCH3 is 3. The van der Waals surface area contributed by atoms with Gasteiger partial charge < -0.3 is 18.8 Å². The molecule has 0 fully saturated rings. The van der Waals surface area contributed by atoms with Gasteiger partial charge in [-0.1, -0.05) is 13.0 Å². The number of hydrogen-bond donors (Lipinski definition) is 0. The van der Waals surface area contributed by atoms with Crippen LogP contribution in [-0.2, 0) is 6.54 Å². The standard InChI is InChI=1S/C24H27NO4/c1-6-10-25-11-9-18-13-17(7-8-20(18)25)12-16(2)23(26)19-14-21(27-3)24(29-5)22(15-19)28-4/h7-9,11-15H,6,10H2,1-5H3/b16-12+. The van der Waals surface area contributed by atoms with Gasteiger partial charge in [0.25, 0.3) is 0 Å². The van der Waals surface area contributed by atoms with E-state index >= 15 is 0 Å². The minimum atomic E-state index is -0.0899. The predicted molar refractivity (Wildman–Crippen MR) is 116 cm³/mol. The molecule has 0 bridgehead atoms. The van der Waals surface area contributed by atoms with E-state index in [0.29, 0.717) is 28.4 Å². The van der Waals surface area contributed by atoms with Crippen molar-refractivity contribution in [2.45, 2.75) is 26.8 Å². The summed E-state index contributed by atoms with van der Waals surface area (Å²) in [5, 5.41) is 1.17. The molecule has 0 spiro atoms. The van der Waals surface area contributed by atoms with Crippen LogP contribution in [0.1, 0.15) is 36.2 Å². The Morgan fingerprint density at radius 2 is 1.69 bits per heavy atom. The normalized spacial score (nSPS) is 11.6. The molecule has 0 aliphatic heterocycles. The Morgan fingerprint density at radius 3 is 2.28 bits per heavy atom. The van der Waals surface area contributed by atoms with E-state index in [0.717, 1.165) is 18.5 Å². The zero-order chi connectivity index (χ0) is 21.0. The second-order valence-corrected chi connectivity index (χ2v) is 6.90. The highest BCUT2D eigenvalue weighted by Gasteiger charge is 2.18. The van der Waals surface area contributed by atoms with Crippen LogP contribution in [0.4, 0.5) is 0 Å². The molecule has 0 atom stereocenters. The third-order valence-corrected chi connectivity index (χ3v) is 4.93. The maximum atomic E-state index is 13.0. The van der Waals surface area contributed by atoms with Crippen molar-refractivity contribution in [1.82, 2.24) is 4.57 Å². The van der Waals surface area contributed by atoms with Crippen molar-refractivity contribution < 1.29 is 19.0 Å². The van der Waals surface area contributed by atoms with Crippen LogP contribution in [0, 0.1) is 0 Å². The minimum absolute atomic E-state index is 0.0899. The molecular weight excluding hydrogens is 366 g/mol. The summed E-state index contributed by atoms with van der Waals surface area (Å²) in [5.74, 6) is 1.30. The van der Waals surface area contributed by atoms with Gasteiger partial charge in [0.1, 0.15) is 0 Å². The van der Waals surface area contributed by atoms with Crippen molar-refractivity contribution in [3.05, 3.63) is 59.3 Å². The number of carbonyl (C=O) groups is 1. The van der Waals surface area contributed by atoms with Crippen LogP contribution in [0.5, 0.6) is 17.2 Å². The molecule has 0 saturated carbocycles. The van der Waals surface area contributed by atoms with Crippen molar-refractivity contribution in [2.24, 2.45) is 0 Å². The second-order valence-electron chi connectivity index (χ2n) is 6.90. The van der Waals surface area contributed by atoms with Gasteiger partial charge in [-0.05, 0) is 60.9 Å². The molecule has 3 aromatic rings. The Labute approximate surface area is 171 Å². The maximum Gasteiger partial charge on any atom is 0.203 e. The molecule has 0 N–H and O–H groups in total. The topological polar surface area (TPSA) is 49.7 Å². The van der Waals surface area contributed by atoms with Gasteiger partial charge >= 0.3 is 0 Å². The van der Waals surface area contributed by atoms with Crippen LogP contribution in [-0.4, -0.2) is 31.7 Å². The monoisotopic (exact) mass is 393 g/mol. The predicted octanol–water partition coefficient (Wildman–Crippen LogP) is 5.36. The SMILES string of the molecule is CCCn1ccc2cc(/C=C(\C)C(=O)c3cc(OC)c(OC)c(OC)c3)ccc21. The number of allylic oxidation sites excluding steroid dienone is 1. The molecule has 0 radical (unpaired) electrons. The number of hydrogen-bond acceptors (Lipinski definition) is 4. The molecular formula is C24H27NO4. The van der Waals surface area contributed by atoms with E-state index < -0.39 is 0 Å². The Bertz CT molecular complexity index is 1040.